The second-order valence-corrected chi connectivity index (χ2v) is 10.9. The van der Waals surface area contributed by atoms with Gasteiger partial charge >= 0.3 is 5.97 Å². The molecule has 2 saturated carbocycles. The van der Waals surface area contributed by atoms with Crippen LogP contribution in [0.2, 0.25) is 0 Å². The molecule has 0 amide bonds. The predicted molar refractivity (Wildman–Crippen MR) is 105 cm³/mol. The largest absolute Gasteiger partial charge is 0.459 e. The molecule has 0 radical (unpaired) electrons. The van der Waals surface area contributed by atoms with E-state index in [1.165, 1.54) is 0 Å². The van der Waals surface area contributed by atoms with E-state index in [1.54, 1.807) is 0 Å². The number of ether oxygens (including phenoxy) is 4. The Morgan fingerprint density at radius 2 is 1.83 bits per heavy atom. The lowest BCUT2D eigenvalue weighted by atomic mass is 9.44. The first-order chi connectivity index (χ1) is 13.6. The van der Waals surface area contributed by atoms with Gasteiger partial charge in [-0.2, -0.15) is 0 Å². The van der Waals surface area contributed by atoms with Gasteiger partial charge in [0.15, 0.2) is 5.79 Å². The second kappa shape index (κ2) is 6.28. The highest BCUT2D eigenvalue weighted by molar-refractivity contribution is 5.91. The molecule has 6 heteroatoms. The first kappa shape index (κ1) is 20.0. The van der Waals surface area contributed by atoms with Crippen molar-refractivity contribution in [2.24, 2.45) is 22.7 Å². The molecule has 0 bridgehead atoms. The van der Waals surface area contributed by atoms with Crippen molar-refractivity contribution in [1.82, 2.24) is 0 Å². The highest BCUT2D eigenvalue weighted by atomic mass is 16.7. The van der Waals surface area contributed by atoms with Gasteiger partial charge in [0.1, 0.15) is 12.7 Å². The monoisotopic (exact) mass is 406 g/mol. The number of cyclic esters (lactones) is 1. The Labute approximate surface area is 172 Å². The molecule has 5 fully saturated rings. The molecule has 3 saturated heterocycles. The average molecular weight is 407 g/mol. The van der Waals surface area contributed by atoms with Crippen molar-refractivity contribution in [3.05, 3.63) is 11.6 Å². The third kappa shape index (κ3) is 2.93. The van der Waals surface area contributed by atoms with E-state index >= 15 is 0 Å². The Balaban J connectivity index is 1.45. The molecular formula is C23H34O6. The summed E-state index contributed by atoms with van der Waals surface area (Å²) >= 11 is 0. The van der Waals surface area contributed by atoms with Gasteiger partial charge in [0, 0.05) is 5.41 Å². The fraction of sp³-hybridized carbons (Fsp3) is 0.870. The van der Waals surface area contributed by atoms with Gasteiger partial charge in [0.05, 0.1) is 30.5 Å². The van der Waals surface area contributed by atoms with E-state index in [1.807, 2.05) is 19.9 Å². The number of allylic oxidation sites excluding steroid dienone is 1. The van der Waals surface area contributed by atoms with Gasteiger partial charge in [-0.3, -0.25) is 0 Å². The van der Waals surface area contributed by atoms with Gasteiger partial charge < -0.3 is 24.1 Å². The van der Waals surface area contributed by atoms with Crippen molar-refractivity contribution in [2.45, 2.75) is 83.4 Å². The molecule has 0 aromatic rings. The van der Waals surface area contributed by atoms with E-state index in [9.17, 15) is 9.90 Å². The zero-order valence-corrected chi connectivity index (χ0v) is 18.0. The van der Waals surface area contributed by atoms with Crippen LogP contribution in [0.5, 0.6) is 0 Å². The SMILES string of the molecule is CC1(C)OC[C@@]2(C)C3CCC4(CO4)C(CC=C4C(=O)OC[C@H]4O)[C@@]3(C)CC[C@H]2O1. The lowest BCUT2D eigenvalue weighted by Crippen LogP contribution is -2.64. The number of hydrogen-bond donors (Lipinski definition) is 1. The molecule has 5 rings (SSSR count). The number of rotatable bonds is 2. The van der Waals surface area contributed by atoms with Gasteiger partial charge in [0.2, 0.25) is 0 Å². The molecule has 2 aliphatic carbocycles. The number of hydrogen-bond acceptors (Lipinski definition) is 6. The summed E-state index contributed by atoms with van der Waals surface area (Å²) in [6, 6.07) is 0. The Bertz CT molecular complexity index is 740. The zero-order chi connectivity index (χ0) is 20.7. The Morgan fingerprint density at radius 1 is 1.07 bits per heavy atom. The quantitative estimate of drug-likeness (QED) is 0.432. The maximum Gasteiger partial charge on any atom is 0.336 e. The first-order valence-corrected chi connectivity index (χ1v) is 11.1. The van der Waals surface area contributed by atoms with Gasteiger partial charge in [-0.05, 0) is 63.2 Å². The third-order valence-corrected chi connectivity index (χ3v) is 8.77. The van der Waals surface area contributed by atoms with Gasteiger partial charge in [-0.25, -0.2) is 4.79 Å². The topological polar surface area (TPSA) is 77.5 Å². The Morgan fingerprint density at radius 3 is 2.48 bits per heavy atom. The molecule has 3 aliphatic heterocycles. The third-order valence-electron chi connectivity index (χ3n) is 8.77. The standard InChI is InChI=1S/C23H34O6/c1-20(2)27-12-22(4)16-7-10-23(13-28-23)17(21(16,3)9-8-18(22)29-20)6-5-14-15(24)11-26-19(14)25/h5,15-18,24H,6-13H2,1-4H3/t15-,16?,17?,18-,21+,22+,23?/m1/s1. The number of aliphatic hydroxyl groups excluding tert-OH is 1. The normalized spacial score (nSPS) is 52.2. The van der Waals surface area contributed by atoms with Crippen LogP contribution in [-0.2, 0) is 23.7 Å². The fourth-order valence-corrected chi connectivity index (χ4v) is 7.11. The van der Waals surface area contributed by atoms with Crippen molar-refractivity contribution in [1.29, 1.82) is 0 Å². The van der Waals surface area contributed by atoms with Crippen LogP contribution in [0.3, 0.4) is 0 Å². The van der Waals surface area contributed by atoms with Crippen LogP contribution < -0.4 is 0 Å². The summed E-state index contributed by atoms with van der Waals surface area (Å²) in [5, 5.41) is 10.1. The molecule has 5 aliphatic rings. The van der Waals surface area contributed by atoms with E-state index in [-0.39, 0.29) is 35.1 Å². The summed E-state index contributed by atoms with van der Waals surface area (Å²) in [4.78, 5) is 12.0. The lowest BCUT2D eigenvalue weighted by molar-refractivity contribution is -0.347. The summed E-state index contributed by atoms with van der Waals surface area (Å²) in [5.74, 6) is -0.109. The Hall–Kier alpha value is -0.950. The molecule has 7 atom stereocenters. The maximum atomic E-state index is 12.0. The lowest BCUT2D eigenvalue weighted by Gasteiger charge is -2.64. The van der Waals surface area contributed by atoms with E-state index < -0.39 is 11.9 Å². The van der Waals surface area contributed by atoms with Crippen LogP contribution in [0.1, 0.15) is 59.8 Å². The van der Waals surface area contributed by atoms with E-state index in [0.717, 1.165) is 45.3 Å². The average Bonchev–Trinajstić information content (AvgIpc) is 3.35. The minimum Gasteiger partial charge on any atom is -0.459 e. The maximum absolute atomic E-state index is 12.0. The van der Waals surface area contributed by atoms with Crippen molar-refractivity contribution < 1.29 is 28.8 Å². The summed E-state index contributed by atoms with van der Waals surface area (Å²) in [6.45, 7) is 10.4. The van der Waals surface area contributed by atoms with E-state index in [4.69, 9.17) is 18.9 Å². The second-order valence-electron chi connectivity index (χ2n) is 10.9. The molecule has 3 heterocycles. The van der Waals surface area contributed by atoms with Crippen LogP contribution in [0.4, 0.5) is 0 Å². The smallest absolute Gasteiger partial charge is 0.336 e. The summed E-state index contributed by atoms with van der Waals surface area (Å²) in [5.41, 5.74) is 0.404. The summed E-state index contributed by atoms with van der Waals surface area (Å²) in [6.07, 6.45) is 6.33. The van der Waals surface area contributed by atoms with Crippen molar-refractivity contribution in [3.63, 3.8) is 0 Å². The van der Waals surface area contributed by atoms with Crippen molar-refractivity contribution in [3.8, 4) is 0 Å². The fourth-order valence-electron chi connectivity index (χ4n) is 7.11. The van der Waals surface area contributed by atoms with Crippen LogP contribution in [0.25, 0.3) is 0 Å². The van der Waals surface area contributed by atoms with Crippen LogP contribution in [0, 0.1) is 22.7 Å². The summed E-state index contributed by atoms with van der Waals surface area (Å²) < 4.78 is 23.6. The number of fused-ring (bicyclic) bond motifs is 3. The first-order valence-electron chi connectivity index (χ1n) is 11.1. The van der Waals surface area contributed by atoms with Crippen LogP contribution in [-0.4, -0.2) is 54.5 Å². The van der Waals surface area contributed by atoms with E-state index in [0.29, 0.717) is 17.4 Å². The molecule has 162 valence electrons. The molecule has 0 aromatic heterocycles. The molecule has 1 spiro atoms. The molecule has 3 unspecified atom stereocenters. The number of carbonyl (C=O) groups excluding carboxylic acids is 1. The number of esters is 1. The van der Waals surface area contributed by atoms with E-state index in [2.05, 4.69) is 13.8 Å². The molecule has 6 nitrogen and oxygen atoms in total. The Kier molecular flexibility index (Phi) is 4.33. The van der Waals surface area contributed by atoms with Gasteiger partial charge in [-0.15, -0.1) is 0 Å². The summed E-state index contributed by atoms with van der Waals surface area (Å²) in [7, 11) is 0. The highest BCUT2D eigenvalue weighted by Crippen LogP contribution is 2.67. The number of aliphatic hydroxyl groups is 1. The molecule has 1 N–H and O–H groups in total. The van der Waals surface area contributed by atoms with Crippen molar-refractivity contribution in [2.75, 3.05) is 19.8 Å². The minimum absolute atomic E-state index is 0.0176. The van der Waals surface area contributed by atoms with Crippen LogP contribution >= 0.6 is 0 Å². The van der Waals surface area contributed by atoms with Gasteiger partial charge in [0.25, 0.3) is 0 Å². The number of epoxide rings is 1. The zero-order valence-electron chi connectivity index (χ0n) is 18.0. The van der Waals surface area contributed by atoms with Gasteiger partial charge in [-0.1, -0.05) is 19.9 Å². The van der Waals surface area contributed by atoms with Crippen LogP contribution in [0.15, 0.2) is 11.6 Å². The molecule has 29 heavy (non-hydrogen) atoms. The minimum atomic E-state index is -0.804. The van der Waals surface area contributed by atoms with Crippen molar-refractivity contribution >= 4 is 5.97 Å². The molecular weight excluding hydrogens is 372 g/mol. The highest BCUT2D eigenvalue weighted by Gasteiger charge is 2.68. The molecule has 0 aromatic carbocycles. The number of carbonyl (C=O) groups is 1. The predicted octanol–water partition coefficient (Wildman–Crippen LogP) is 2.97.